The molecule has 6 rings (SSSR count). The van der Waals surface area contributed by atoms with Gasteiger partial charge in [-0.15, -0.1) is 0 Å². The number of carbonyl (C=O) groups excluding carboxylic acids is 3. The number of likely N-dealkylation sites (tertiary alicyclic amines) is 1. The minimum Gasteiger partial charge on any atom is -0.346 e. The molecule has 2 saturated heterocycles. The molecule has 0 aromatic heterocycles. The van der Waals surface area contributed by atoms with Crippen molar-refractivity contribution in [1.82, 2.24) is 10.2 Å². The van der Waals surface area contributed by atoms with E-state index in [2.05, 4.69) is 5.32 Å². The topological polar surface area (TPSA) is 69.7 Å². The molecule has 0 atom stereocenters. The molecule has 3 aromatic rings. The Morgan fingerprint density at radius 1 is 0.707 bits per heavy atom. The van der Waals surface area contributed by atoms with Crippen molar-refractivity contribution < 1.29 is 23.2 Å². The first-order valence-corrected chi connectivity index (χ1v) is 14.3. The third kappa shape index (κ3) is 5.23. The second-order valence-corrected chi connectivity index (χ2v) is 11.5. The molecule has 3 fully saturated rings. The fourth-order valence-corrected chi connectivity index (χ4v) is 6.27. The van der Waals surface area contributed by atoms with E-state index in [1.807, 2.05) is 12.1 Å². The highest BCUT2D eigenvalue weighted by atomic mass is 19.1. The van der Waals surface area contributed by atoms with E-state index >= 15 is 0 Å². The number of nitrogens with one attached hydrogen (secondary N) is 1. The Balaban J connectivity index is 1.19. The number of hydrogen-bond acceptors (Lipinski definition) is 3. The quantitative estimate of drug-likeness (QED) is 0.438. The van der Waals surface area contributed by atoms with Crippen LogP contribution in [0.2, 0.25) is 0 Å². The summed E-state index contributed by atoms with van der Waals surface area (Å²) in [6, 6.07) is 19.4. The normalized spacial score (nSPS) is 19.5. The summed E-state index contributed by atoms with van der Waals surface area (Å²) < 4.78 is 27.4. The predicted molar refractivity (Wildman–Crippen MR) is 151 cm³/mol. The van der Waals surface area contributed by atoms with Crippen LogP contribution >= 0.6 is 0 Å². The van der Waals surface area contributed by atoms with E-state index in [0.29, 0.717) is 50.0 Å². The van der Waals surface area contributed by atoms with Gasteiger partial charge in [0.1, 0.15) is 11.6 Å². The highest BCUT2D eigenvalue weighted by molar-refractivity contribution is 5.97. The summed E-state index contributed by atoms with van der Waals surface area (Å²) in [6.45, 7) is 1.41. The van der Waals surface area contributed by atoms with E-state index in [1.165, 1.54) is 24.3 Å². The van der Waals surface area contributed by atoms with E-state index in [0.717, 1.165) is 36.9 Å². The summed E-state index contributed by atoms with van der Waals surface area (Å²) in [4.78, 5) is 43.3. The smallest absolute Gasteiger partial charge is 0.253 e. The van der Waals surface area contributed by atoms with Gasteiger partial charge in [0.15, 0.2) is 0 Å². The summed E-state index contributed by atoms with van der Waals surface area (Å²) in [7, 11) is 0. The Morgan fingerprint density at radius 3 is 1.85 bits per heavy atom. The highest BCUT2D eigenvalue weighted by Gasteiger charge is 2.51. The van der Waals surface area contributed by atoms with Crippen LogP contribution in [-0.2, 0) is 20.5 Å². The number of hydrogen-bond donors (Lipinski definition) is 1. The van der Waals surface area contributed by atoms with Gasteiger partial charge in [0.25, 0.3) is 5.91 Å². The van der Waals surface area contributed by atoms with Gasteiger partial charge in [0.2, 0.25) is 11.8 Å². The molecule has 3 aromatic carbocycles. The van der Waals surface area contributed by atoms with E-state index in [-0.39, 0.29) is 29.4 Å². The first kappa shape index (κ1) is 27.1. The van der Waals surface area contributed by atoms with Crippen molar-refractivity contribution in [2.75, 3.05) is 24.5 Å². The van der Waals surface area contributed by atoms with Crippen LogP contribution in [0.5, 0.6) is 0 Å². The number of benzene rings is 3. The fourth-order valence-electron chi connectivity index (χ4n) is 6.27. The van der Waals surface area contributed by atoms with E-state index in [1.54, 1.807) is 46.2 Å². The maximum absolute atomic E-state index is 14.0. The van der Waals surface area contributed by atoms with Crippen LogP contribution in [0.3, 0.4) is 0 Å². The minimum absolute atomic E-state index is 0.106. The van der Waals surface area contributed by atoms with Crippen molar-refractivity contribution >= 4 is 23.4 Å². The second-order valence-electron chi connectivity index (χ2n) is 11.5. The molecular formula is C33H33F2N3O3. The third-order valence-corrected chi connectivity index (χ3v) is 8.98. The average Bonchev–Trinajstić information content (AvgIpc) is 3.78. The standard InChI is InChI=1S/C33H33F2N3O3/c34-26-10-6-24(7-11-26)32(31(41)36-33(16-17-33)25-8-12-27(35)13-9-25)18-21-37(22-19-32)30(40)23-4-14-28(15-5-23)38-20-2-1-3-29(38)39/h4-15H,1-3,16-22H2,(H,36,41). The minimum atomic E-state index is -0.932. The molecule has 2 heterocycles. The number of carbonyl (C=O) groups is 3. The monoisotopic (exact) mass is 557 g/mol. The molecule has 1 saturated carbocycles. The molecule has 8 heteroatoms. The lowest BCUT2D eigenvalue weighted by Crippen LogP contribution is -2.54. The predicted octanol–water partition coefficient (Wildman–Crippen LogP) is 5.46. The van der Waals surface area contributed by atoms with Crippen molar-refractivity contribution in [3.8, 4) is 0 Å². The highest BCUT2D eigenvalue weighted by Crippen LogP contribution is 2.47. The van der Waals surface area contributed by atoms with Crippen molar-refractivity contribution in [2.24, 2.45) is 0 Å². The van der Waals surface area contributed by atoms with Gasteiger partial charge >= 0.3 is 0 Å². The molecule has 0 radical (unpaired) electrons. The molecule has 0 bridgehead atoms. The summed E-state index contributed by atoms with van der Waals surface area (Å²) in [6.07, 6.45) is 4.70. The van der Waals surface area contributed by atoms with E-state index in [9.17, 15) is 23.2 Å². The Bertz CT molecular complexity index is 1440. The van der Waals surface area contributed by atoms with Crippen LogP contribution < -0.4 is 10.2 Å². The second kappa shape index (κ2) is 10.7. The van der Waals surface area contributed by atoms with Crippen LogP contribution in [0.1, 0.15) is 66.4 Å². The molecule has 1 N–H and O–H groups in total. The number of rotatable bonds is 6. The van der Waals surface area contributed by atoms with Gasteiger partial charge in [-0.05, 0) is 98.2 Å². The summed E-state index contributed by atoms with van der Waals surface area (Å²) in [5.41, 5.74) is 1.44. The van der Waals surface area contributed by atoms with Crippen LogP contribution in [0, 0.1) is 11.6 Å². The summed E-state index contributed by atoms with van der Waals surface area (Å²) >= 11 is 0. The number of anilines is 1. The Kier molecular flexibility index (Phi) is 7.09. The third-order valence-electron chi connectivity index (χ3n) is 8.98. The summed E-state index contributed by atoms with van der Waals surface area (Å²) in [5, 5.41) is 3.25. The molecule has 212 valence electrons. The van der Waals surface area contributed by atoms with E-state index in [4.69, 9.17) is 0 Å². The zero-order valence-electron chi connectivity index (χ0n) is 22.9. The van der Waals surface area contributed by atoms with Gasteiger partial charge in [-0.3, -0.25) is 14.4 Å². The van der Waals surface area contributed by atoms with Gasteiger partial charge < -0.3 is 15.1 Å². The maximum atomic E-state index is 14.0. The van der Waals surface area contributed by atoms with Crippen molar-refractivity contribution in [1.29, 1.82) is 0 Å². The zero-order chi connectivity index (χ0) is 28.6. The molecule has 3 aliphatic rings. The average molecular weight is 558 g/mol. The van der Waals surface area contributed by atoms with Gasteiger partial charge in [-0.25, -0.2) is 8.78 Å². The van der Waals surface area contributed by atoms with Gasteiger partial charge in [-0.2, -0.15) is 0 Å². The number of amides is 3. The zero-order valence-corrected chi connectivity index (χ0v) is 22.9. The molecule has 6 nitrogen and oxygen atoms in total. The van der Waals surface area contributed by atoms with Crippen LogP contribution in [0.15, 0.2) is 72.8 Å². The lowest BCUT2D eigenvalue weighted by Gasteiger charge is -2.42. The number of halogens is 2. The van der Waals surface area contributed by atoms with Crippen LogP contribution in [-0.4, -0.2) is 42.3 Å². The number of piperidine rings is 2. The first-order valence-electron chi connectivity index (χ1n) is 14.3. The van der Waals surface area contributed by atoms with Gasteiger partial charge in [0, 0.05) is 37.3 Å². The number of nitrogens with zero attached hydrogens (tertiary/aromatic N) is 2. The molecule has 0 spiro atoms. The summed E-state index contributed by atoms with van der Waals surface area (Å²) in [5.74, 6) is -0.885. The van der Waals surface area contributed by atoms with Crippen LogP contribution in [0.25, 0.3) is 0 Å². The molecule has 1 aliphatic carbocycles. The molecule has 41 heavy (non-hydrogen) atoms. The van der Waals surface area contributed by atoms with Crippen LogP contribution in [0.4, 0.5) is 14.5 Å². The Hall–Kier alpha value is -4.07. The van der Waals surface area contributed by atoms with E-state index < -0.39 is 11.0 Å². The van der Waals surface area contributed by atoms with Gasteiger partial charge in [0.05, 0.1) is 11.0 Å². The molecule has 3 amide bonds. The SMILES string of the molecule is O=C(c1ccc(N2CCCCC2=O)cc1)N1CCC(C(=O)NC2(c3ccc(F)cc3)CC2)(c2ccc(F)cc2)CC1. The molecule has 2 aliphatic heterocycles. The van der Waals surface area contributed by atoms with Crippen molar-refractivity contribution in [2.45, 2.75) is 55.9 Å². The lowest BCUT2D eigenvalue weighted by molar-refractivity contribution is -0.129. The van der Waals surface area contributed by atoms with Crippen molar-refractivity contribution in [3.63, 3.8) is 0 Å². The van der Waals surface area contributed by atoms with Crippen molar-refractivity contribution in [3.05, 3.63) is 101 Å². The largest absolute Gasteiger partial charge is 0.346 e. The fraction of sp³-hybridized carbons (Fsp3) is 0.364. The lowest BCUT2D eigenvalue weighted by atomic mass is 9.71. The first-order chi connectivity index (χ1) is 19.8. The Morgan fingerprint density at radius 2 is 1.29 bits per heavy atom. The Labute approximate surface area is 238 Å². The molecule has 0 unspecified atom stereocenters. The molecular weight excluding hydrogens is 524 g/mol. The van der Waals surface area contributed by atoms with Gasteiger partial charge in [-0.1, -0.05) is 24.3 Å². The maximum Gasteiger partial charge on any atom is 0.253 e.